The van der Waals surface area contributed by atoms with E-state index in [1.165, 1.54) is 5.69 Å². The minimum atomic E-state index is 0.0882. The first-order valence-corrected chi connectivity index (χ1v) is 8.79. The van der Waals surface area contributed by atoms with Crippen LogP contribution in [0.2, 0.25) is 0 Å². The molecule has 130 valence electrons. The largest absolute Gasteiger partial charge is 0.396 e. The van der Waals surface area contributed by atoms with Crippen molar-refractivity contribution < 1.29 is 5.11 Å². The molecule has 3 rings (SSSR count). The predicted molar refractivity (Wildman–Crippen MR) is 98.5 cm³/mol. The van der Waals surface area contributed by atoms with Gasteiger partial charge in [-0.3, -0.25) is 4.98 Å². The van der Waals surface area contributed by atoms with Gasteiger partial charge in [0.15, 0.2) is 0 Å². The molecule has 1 saturated heterocycles. The highest BCUT2D eigenvalue weighted by molar-refractivity contribution is 5.50. The molecule has 1 unspecified atom stereocenters. The van der Waals surface area contributed by atoms with Gasteiger partial charge in [-0.25, -0.2) is 0 Å². The Balaban J connectivity index is 1.48. The smallest absolute Gasteiger partial charge is 0.0991 e. The summed E-state index contributed by atoms with van der Waals surface area (Å²) in [6.07, 6.45) is 5.73. The molecule has 2 aromatic rings. The lowest BCUT2D eigenvalue weighted by Gasteiger charge is -2.34. The molecule has 0 aliphatic carbocycles. The van der Waals surface area contributed by atoms with Crippen LogP contribution in [-0.4, -0.2) is 42.4 Å². The van der Waals surface area contributed by atoms with Crippen LogP contribution in [0.15, 0.2) is 48.8 Å². The van der Waals surface area contributed by atoms with E-state index in [0.29, 0.717) is 11.6 Å². The Kier molecular flexibility index (Phi) is 5.99. The number of aromatic nitrogens is 1. The van der Waals surface area contributed by atoms with Gasteiger partial charge >= 0.3 is 0 Å². The molecule has 1 aromatic heterocycles. The van der Waals surface area contributed by atoms with Crippen molar-refractivity contribution in [1.82, 2.24) is 10.3 Å². The molecule has 2 heterocycles. The number of pyridine rings is 1. The Hall–Kier alpha value is -2.42. The number of benzene rings is 1. The van der Waals surface area contributed by atoms with Crippen molar-refractivity contribution in [2.24, 2.45) is 0 Å². The average Bonchev–Trinajstić information content (AvgIpc) is 2.70. The van der Waals surface area contributed by atoms with Crippen LogP contribution >= 0.6 is 0 Å². The van der Waals surface area contributed by atoms with Gasteiger partial charge in [-0.1, -0.05) is 6.07 Å². The van der Waals surface area contributed by atoms with E-state index in [1.807, 2.05) is 42.6 Å². The van der Waals surface area contributed by atoms with Crippen molar-refractivity contribution in [3.63, 3.8) is 0 Å². The maximum atomic E-state index is 9.64. The molecule has 0 bridgehead atoms. The van der Waals surface area contributed by atoms with Gasteiger partial charge < -0.3 is 15.3 Å². The van der Waals surface area contributed by atoms with E-state index in [0.717, 1.165) is 38.0 Å². The lowest BCUT2D eigenvalue weighted by atomic mass is 9.99. The second-order valence-corrected chi connectivity index (χ2v) is 6.49. The van der Waals surface area contributed by atoms with E-state index in [-0.39, 0.29) is 12.5 Å². The van der Waals surface area contributed by atoms with Gasteiger partial charge in [-0.15, -0.1) is 0 Å². The van der Waals surface area contributed by atoms with Crippen LogP contribution < -0.4 is 10.2 Å². The van der Waals surface area contributed by atoms with Gasteiger partial charge in [0.05, 0.1) is 18.2 Å². The summed E-state index contributed by atoms with van der Waals surface area (Å²) in [6.45, 7) is 2.90. The number of anilines is 1. The van der Waals surface area contributed by atoms with Gasteiger partial charge in [0.2, 0.25) is 0 Å². The summed E-state index contributed by atoms with van der Waals surface area (Å²) in [6, 6.07) is 14.4. The van der Waals surface area contributed by atoms with Crippen LogP contribution in [0.1, 0.15) is 29.9 Å². The summed E-state index contributed by atoms with van der Waals surface area (Å²) < 4.78 is 0. The zero-order valence-corrected chi connectivity index (χ0v) is 14.3. The Bertz CT molecular complexity index is 688. The second-order valence-electron chi connectivity index (χ2n) is 6.49. The number of nitrogens with zero attached hydrogens (tertiary/aromatic N) is 3. The van der Waals surface area contributed by atoms with Crippen molar-refractivity contribution >= 4 is 5.69 Å². The summed E-state index contributed by atoms with van der Waals surface area (Å²) in [5.74, 6) is 0.0882. The number of nitrogens with one attached hydrogen (secondary N) is 1. The fourth-order valence-electron chi connectivity index (χ4n) is 3.30. The topological polar surface area (TPSA) is 72.2 Å². The third-order valence-corrected chi connectivity index (χ3v) is 4.89. The van der Waals surface area contributed by atoms with Crippen LogP contribution in [0.5, 0.6) is 0 Å². The zero-order chi connectivity index (χ0) is 17.5. The highest BCUT2D eigenvalue weighted by atomic mass is 16.3. The molecule has 0 radical (unpaired) electrons. The number of nitriles is 1. The second kappa shape index (κ2) is 8.61. The number of rotatable bonds is 6. The standard InChI is InChI=1S/C20H24N4O/c21-12-16-3-5-20(6-4-16)24-10-7-19(8-11-24)23-14-18(15-25)17-2-1-9-22-13-17/h1-6,9,13,18-19,23,25H,7-8,10-11,14-15H2. The Morgan fingerprint density at radius 2 is 2.00 bits per heavy atom. The van der Waals surface area contributed by atoms with E-state index in [4.69, 9.17) is 5.26 Å². The monoisotopic (exact) mass is 336 g/mol. The predicted octanol–water partition coefficient (Wildman–Crippen LogP) is 2.29. The van der Waals surface area contributed by atoms with E-state index < -0.39 is 0 Å². The van der Waals surface area contributed by atoms with Crippen molar-refractivity contribution in [1.29, 1.82) is 5.26 Å². The quantitative estimate of drug-likeness (QED) is 0.847. The summed E-state index contributed by atoms with van der Waals surface area (Å²) in [7, 11) is 0. The summed E-state index contributed by atoms with van der Waals surface area (Å²) in [4.78, 5) is 6.50. The van der Waals surface area contributed by atoms with E-state index in [2.05, 4.69) is 21.3 Å². The first-order valence-electron chi connectivity index (χ1n) is 8.79. The van der Waals surface area contributed by atoms with E-state index >= 15 is 0 Å². The maximum Gasteiger partial charge on any atom is 0.0991 e. The molecule has 1 aliphatic heterocycles. The minimum absolute atomic E-state index is 0.0882. The average molecular weight is 336 g/mol. The molecule has 1 fully saturated rings. The molecular weight excluding hydrogens is 312 g/mol. The molecule has 5 nitrogen and oxygen atoms in total. The zero-order valence-electron chi connectivity index (χ0n) is 14.3. The molecule has 0 saturated carbocycles. The highest BCUT2D eigenvalue weighted by Gasteiger charge is 2.20. The van der Waals surface area contributed by atoms with Gasteiger partial charge in [0.25, 0.3) is 0 Å². The third-order valence-electron chi connectivity index (χ3n) is 4.89. The maximum absolute atomic E-state index is 9.64. The number of hydrogen-bond acceptors (Lipinski definition) is 5. The fraction of sp³-hybridized carbons (Fsp3) is 0.400. The van der Waals surface area contributed by atoms with Gasteiger partial charge in [0, 0.05) is 49.7 Å². The minimum Gasteiger partial charge on any atom is -0.396 e. The fourth-order valence-corrected chi connectivity index (χ4v) is 3.30. The van der Waals surface area contributed by atoms with Crippen molar-refractivity contribution in [2.45, 2.75) is 24.8 Å². The van der Waals surface area contributed by atoms with Crippen molar-refractivity contribution in [3.05, 3.63) is 59.9 Å². The molecule has 5 heteroatoms. The van der Waals surface area contributed by atoms with Gasteiger partial charge in [0.1, 0.15) is 0 Å². The Morgan fingerprint density at radius 1 is 1.24 bits per heavy atom. The van der Waals surface area contributed by atoms with Crippen molar-refractivity contribution in [3.8, 4) is 6.07 Å². The first kappa shape index (κ1) is 17.4. The third kappa shape index (κ3) is 4.56. The lowest BCUT2D eigenvalue weighted by Crippen LogP contribution is -2.44. The lowest BCUT2D eigenvalue weighted by molar-refractivity contribution is 0.255. The van der Waals surface area contributed by atoms with Crippen LogP contribution in [0.4, 0.5) is 5.69 Å². The molecule has 1 aliphatic rings. The Labute approximate surface area is 148 Å². The number of piperidine rings is 1. The van der Waals surface area contributed by atoms with Crippen LogP contribution in [0, 0.1) is 11.3 Å². The SMILES string of the molecule is N#Cc1ccc(N2CCC(NCC(CO)c3cccnc3)CC2)cc1. The van der Waals surface area contributed by atoms with Gasteiger partial charge in [-0.05, 0) is 48.7 Å². The molecule has 0 spiro atoms. The number of hydrogen-bond donors (Lipinski definition) is 2. The van der Waals surface area contributed by atoms with E-state index in [1.54, 1.807) is 6.20 Å². The normalized spacial score (nSPS) is 16.4. The van der Waals surface area contributed by atoms with Crippen LogP contribution in [-0.2, 0) is 0 Å². The Morgan fingerprint density at radius 3 is 2.60 bits per heavy atom. The summed E-state index contributed by atoms with van der Waals surface area (Å²) >= 11 is 0. The summed E-state index contributed by atoms with van der Waals surface area (Å²) in [5.41, 5.74) is 2.96. The van der Waals surface area contributed by atoms with Crippen LogP contribution in [0.3, 0.4) is 0 Å². The summed E-state index contributed by atoms with van der Waals surface area (Å²) in [5, 5.41) is 22.1. The molecule has 1 atom stereocenters. The molecular formula is C20H24N4O. The van der Waals surface area contributed by atoms with Gasteiger partial charge in [-0.2, -0.15) is 5.26 Å². The molecule has 25 heavy (non-hydrogen) atoms. The molecule has 2 N–H and O–H groups in total. The molecule has 1 aromatic carbocycles. The number of aliphatic hydroxyl groups excluding tert-OH is 1. The van der Waals surface area contributed by atoms with Crippen molar-refractivity contribution in [2.75, 3.05) is 31.1 Å². The van der Waals surface area contributed by atoms with E-state index in [9.17, 15) is 5.11 Å². The first-order chi connectivity index (χ1) is 12.3. The highest BCUT2D eigenvalue weighted by Crippen LogP contribution is 2.21. The molecule has 0 amide bonds. The number of aliphatic hydroxyl groups is 1. The van der Waals surface area contributed by atoms with Crippen LogP contribution in [0.25, 0.3) is 0 Å².